The zero-order valence-corrected chi connectivity index (χ0v) is 11.2. The highest BCUT2D eigenvalue weighted by Gasteiger charge is 2.21. The average Bonchev–Trinajstić information content (AvgIpc) is 3.14. The number of rotatable bonds is 5. The molecule has 1 unspecified atom stereocenters. The molecule has 1 atom stereocenters. The van der Waals surface area contributed by atoms with Crippen LogP contribution in [-0.2, 0) is 13.6 Å². The molecule has 1 N–H and O–H groups in total. The van der Waals surface area contributed by atoms with Crippen LogP contribution in [-0.4, -0.2) is 37.4 Å². The molecule has 0 radical (unpaired) electrons. The van der Waals surface area contributed by atoms with Gasteiger partial charge in [-0.15, -0.1) is 5.10 Å². The van der Waals surface area contributed by atoms with E-state index in [0.717, 1.165) is 6.54 Å². The zero-order valence-electron chi connectivity index (χ0n) is 11.2. The molecule has 102 valence electrons. The summed E-state index contributed by atoms with van der Waals surface area (Å²) >= 11 is 0. The zero-order chi connectivity index (χ0) is 13.4. The topological polar surface area (TPSA) is 77.6 Å². The summed E-state index contributed by atoms with van der Waals surface area (Å²) in [5.41, 5.74) is 0.418. The van der Waals surface area contributed by atoms with Gasteiger partial charge in [-0.25, -0.2) is 9.36 Å². The van der Waals surface area contributed by atoms with Gasteiger partial charge < -0.3 is 5.32 Å². The summed E-state index contributed by atoms with van der Waals surface area (Å²) in [5, 5.41) is 16.1. The third-order valence-corrected chi connectivity index (χ3v) is 3.44. The van der Waals surface area contributed by atoms with Crippen molar-refractivity contribution in [2.75, 3.05) is 6.54 Å². The van der Waals surface area contributed by atoms with Gasteiger partial charge in [0.05, 0.1) is 12.7 Å². The maximum atomic E-state index is 12.2. The fourth-order valence-corrected chi connectivity index (χ4v) is 2.11. The summed E-state index contributed by atoms with van der Waals surface area (Å²) in [5.74, 6) is 0.349. The quantitative estimate of drug-likeness (QED) is 0.815. The lowest BCUT2D eigenvalue weighted by atomic mass is 10.2. The largest absolute Gasteiger partial charge is 0.314 e. The van der Waals surface area contributed by atoms with Gasteiger partial charge in [0.15, 0.2) is 5.65 Å². The van der Waals surface area contributed by atoms with Crippen molar-refractivity contribution < 1.29 is 0 Å². The van der Waals surface area contributed by atoms with Crippen LogP contribution in [0.1, 0.15) is 19.8 Å². The second-order valence-electron chi connectivity index (χ2n) is 5.37. The highest BCUT2D eigenvalue weighted by atomic mass is 16.1. The molecule has 7 nitrogen and oxygen atoms in total. The number of aromatic nitrogens is 5. The van der Waals surface area contributed by atoms with Crippen molar-refractivity contribution in [1.29, 1.82) is 0 Å². The highest BCUT2D eigenvalue weighted by molar-refractivity contribution is 5.72. The lowest BCUT2D eigenvalue weighted by Gasteiger charge is -2.12. The summed E-state index contributed by atoms with van der Waals surface area (Å²) < 4.78 is 3.00. The fourth-order valence-electron chi connectivity index (χ4n) is 2.11. The van der Waals surface area contributed by atoms with Crippen LogP contribution in [0.25, 0.3) is 11.0 Å². The molecule has 1 saturated carbocycles. The van der Waals surface area contributed by atoms with Crippen molar-refractivity contribution in [3.05, 3.63) is 16.6 Å². The molecular weight excluding hydrogens is 244 g/mol. The predicted octanol–water partition coefficient (Wildman–Crippen LogP) is -0.0869. The molecule has 1 aliphatic rings. The Labute approximate surface area is 110 Å². The first-order chi connectivity index (χ1) is 9.15. The Morgan fingerprint density at radius 1 is 1.53 bits per heavy atom. The van der Waals surface area contributed by atoms with Crippen LogP contribution in [0, 0.1) is 5.92 Å². The summed E-state index contributed by atoms with van der Waals surface area (Å²) in [6.07, 6.45) is 4.10. The normalized spacial score (nSPS) is 16.9. The molecule has 0 bridgehead atoms. The predicted molar refractivity (Wildman–Crippen MR) is 70.8 cm³/mol. The Balaban J connectivity index is 1.76. The van der Waals surface area contributed by atoms with E-state index in [0.29, 0.717) is 29.5 Å². The van der Waals surface area contributed by atoms with Gasteiger partial charge in [0.1, 0.15) is 5.39 Å². The Bertz CT molecular complexity index is 641. The maximum Gasteiger partial charge on any atom is 0.280 e. The number of hydrogen-bond acceptors (Lipinski definition) is 5. The molecule has 0 amide bonds. The van der Waals surface area contributed by atoms with Gasteiger partial charge in [-0.1, -0.05) is 12.1 Å². The third-order valence-electron chi connectivity index (χ3n) is 3.44. The number of hydrogen-bond donors (Lipinski definition) is 1. The van der Waals surface area contributed by atoms with Gasteiger partial charge in [0.2, 0.25) is 0 Å². The summed E-state index contributed by atoms with van der Waals surface area (Å²) in [7, 11) is 1.75. The summed E-state index contributed by atoms with van der Waals surface area (Å²) in [6, 6.07) is 0.686. The maximum absolute atomic E-state index is 12.2. The fraction of sp³-hybridized carbons (Fsp3) is 0.667. The van der Waals surface area contributed by atoms with Crippen LogP contribution >= 0.6 is 0 Å². The van der Waals surface area contributed by atoms with Gasteiger partial charge in [0.25, 0.3) is 5.56 Å². The van der Waals surface area contributed by atoms with Gasteiger partial charge in [-0.05, 0) is 25.3 Å². The lowest BCUT2D eigenvalue weighted by Crippen LogP contribution is -2.31. The number of nitrogens with one attached hydrogen (secondary N) is 1. The molecule has 7 heteroatoms. The Hall–Kier alpha value is -1.76. The first kappa shape index (κ1) is 12.3. The van der Waals surface area contributed by atoms with Crippen molar-refractivity contribution in [1.82, 2.24) is 30.1 Å². The molecular formula is C12H18N6O. The standard InChI is InChI=1S/C12H18N6O/c1-8(5-13-9-3-4-9)7-18-12(19)10-6-14-17(2)11(10)15-16-18/h6,8-9,13H,3-5,7H2,1-2H3. The van der Waals surface area contributed by atoms with Crippen LogP contribution in [0.3, 0.4) is 0 Å². The second-order valence-corrected chi connectivity index (χ2v) is 5.37. The van der Waals surface area contributed by atoms with E-state index >= 15 is 0 Å². The van der Waals surface area contributed by atoms with Crippen LogP contribution < -0.4 is 10.9 Å². The minimum Gasteiger partial charge on any atom is -0.314 e. The molecule has 2 heterocycles. The van der Waals surface area contributed by atoms with Crippen molar-refractivity contribution in [3.63, 3.8) is 0 Å². The van der Waals surface area contributed by atoms with Gasteiger partial charge in [-0.3, -0.25) is 4.79 Å². The molecule has 0 aliphatic heterocycles. The van der Waals surface area contributed by atoms with Crippen molar-refractivity contribution in [3.8, 4) is 0 Å². The monoisotopic (exact) mass is 262 g/mol. The summed E-state index contributed by atoms with van der Waals surface area (Å²) in [6.45, 7) is 3.59. The average molecular weight is 262 g/mol. The molecule has 2 aromatic heterocycles. The van der Waals surface area contributed by atoms with Crippen molar-refractivity contribution in [2.24, 2.45) is 13.0 Å². The third kappa shape index (κ3) is 2.51. The number of aryl methyl sites for hydroxylation is 1. The van der Waals surface area contributed by atoms with E-state index in [1.165, 1.54) is 17.5 Å². The van der Waals surface area contributed by atoms with Crippen molar-refractivity contribution >= 4 is 11.0 Å². The minimum absolute atomic E-state index is 0.114. The van der Waals surface area contributed by atoms with E-state index in [4.69, 9.17) is 0 Å². The number of nitrogens with zero attached hydrogens (tertiary/aromatic N) is 5. The molecule has 1 aliphatic carbocycles. The van der Waals surface area contributed by atoms with Crippen LogP contribution in [0.4, 0.5) is 0 Å². The lowest BCUT2D eigenvalue weighted by molar-refractivity contribution is 0.400. The number of fused-ring (bicyclic) bond motifs is 1. The van der Waals surface area contributed by atoms with E-state index < -0.39 is 0 Å². The van der Waals surface area contributed by atoms with E-state index in [9.17, 15) is 4.79 Å². The first-order valence-electron chi connectivity index (χ1n) is 6.64. The SMILES string of the molecule is CC(CNC1CC1)Cn1nnc2c(cnn2C)c1=O. The Kier molecular flexibility index (Phi) is 3.06. The first-order valence-corrected chi connectivity index (χ1v) is 6.64. The van der Waals surface area contributed by atoms with E-state index in [-0.39, 0.29) is 5.56 Å². The second kappa shape index (κ2) is 4.73. The molecule has 19 heavy (non-hydrogen) atoms. The Morgan fingerprint density at radius 2 is 2.32 bits per heavy atom. The molecule has 0 aromatic carbocycles. The van der Waals surface area contributed by atoms with E-state index in [1.807, 2.05) is 0 Å². The van der Waals surface area contributed by atoms with Crippen LogP contribution in [0.5, 0.6) is 0 Å². The van der Waals surface area contributed by atoms with Gasteiger partial charge >= 0.3 is 0 Å². The molecule has 3 rings (SSSR count). The molecule has 1 fully saturated rings. The van der Waals surface area contributed by atoms with E-state index in [1.54, 1.807) is 17.9 Å². The molecule has 0 spiro atoms. The van der Waals surface area contributed by atoms with Crippen molar-refractivity contribution in [2.45, 2.75) is 32.4 Å². The minimum atomic E-state index is -0.114. The molecule has 0 saturated heterocycles. The smallest absolute Gasteiger partial charge is 0.280 e. The summed E-state index contributed by atoms with van der Waals surface area (Å²) in [4.78, 5) is 12.2. The Morgan fingerprint density at radius 3 is 3.05 bits per heavy atom. The molecule has 2 aromatic rings. The van der Waals surface area contributed by atoms with Gasteiger partial charge in [0, 0.05) is 13.1 Å². The highest BCUT2D eigenvalue weighted by Crippen LogP contribution is 2.18. The van der Waals surface area contributed by atoms with E-state index in [2.05, 4.69) is 27.7 Å². The van der Waals surface area contributed by atoms with Crippen LogP contribution in [0.2, 0.25) is 0 Å². The van der Waals surface area contributed by atoms with Gasteiger partial charge in [-0.2, -0.15) is 5.10 Å². The van der Waals surface area contributed by atoms with Crippen LogP contribution in [0.15, 0.2) is 11.0 Å².